The largest absolute Gasteiger partial charge is 0.375 e. The number of rotatable bonds is 9. The first-order chi connectivity index (χ1) is 14.7. The zero-order chi connectivity index (χ0) is 22.5. The van der Waals surface area contributed by atoms with Crippen LogP contribution in [0.3, 0.4) is 0 Å². The van der Waals surface area contributed by atoms with Crippen LogP contribution in [-0.4, -0.2) is 43.8 Å². The van der Waals surface area contributed by atoms with Crippen molar-refractivity contribution < 1.29 is 25.2 Å². The Balaban J connectivity index is 1.50. The van der Waals surface area contributed by atoms with Crippen LogP contribution in [0.15, 0.2) is 60.0 Å². The van der Waals surface area contributed by atoms with Crippen LogP contribution in [0.2, 0.25) is 0 Å². The highest BCUT2D eigenvalue weighted by molar-refractivity contribution is 7.13. The van der Waals surface area contributed by atoms with Gasteiger partial charge in [0.2, 0.25) is 5.91 Å². The third kappa shape index (κ3) is 6.31. The fourth-order valence-corrected chi connectivity index (χ4v) is 3.49. The van der Waals surface area contributed by atoms with Gasteiger partial charge in [0.25, 0.3) is 11.7 Å². The van der Waals surface area contributed by atoms with E-state index < -0.39 is 17.6 Å². The van der Waals surface area contributed by atoms with Gasteiger partial charge in [0, 0.05) is 24.0 Å². The number of thiazole rings is 1. The molecule has 1 heterocycles. The number of hydrogen-bond donors (Lipinski definition) is 7. The highest BCUT2D eigenvalue weighted by Crippen LogP contribution is 2.23. The molecule has 8 N–H and O–H groups in total. The molecule has 9 nitrogen and oxygen atoms in total. The average molecular weight is 445 g/mol. The lowest BCUT2D eigenvalue weighted by molar-refractivity contribution is -0.185. The predicted molar refractivity (Wildman–Crippen MR) is 117 cm³/mol. The molecule has 164 valence electrons. The van der Waals surface area contributed by atoms with Gasteiger partial charge < -0.3 is 31.5 Å². The Morgan fingerprint density at radius 1 is 1.00 bits per heavy atom. The number of carbonyl (C=O) groups is 1. The molecule has 0 bridgehead atoms. The van der Waals surface area contributed by atoms with Crippen LogP contribution >= 0.6 is 11.3 Å². The minimum atomic E-state index is -2.80. The van der Waals surface area contributed by atoms with Gasteiger partial charge >= 0.3 is 0 Å². The van der Waals surface area contributed by atoms with Crippen LogP contribution in [-0.2, 0) is 23.4 Å². The van der Waals surface area contributed by atoms with E-state index in [1.165, 1.54) is 5.38 Å². The van der Waals surface area contributed by atoms with Gasteiger partial charge in [-0.1, -0.05) is 42.5 Å². The molecule has 0 unspecified atom stereocenters. The molecule has 0 spiro atoms. The number of aromatic nitrogens is 1. The fraction of sp³-hybridized carbons (Fsp3) is 0.238. The lowest BCUT2D eigenvalue weighted by Gasteiger charge is -2.23. The average Bonchev–Trinajstić information content (AvgIpc) is 3.17. The topological polar surface area (TPSA) is 161 Å². The van der Waals surface area contributed by atoms with Crippen molar-refractivity contribution in [2.45, 2.75) is 24.5 Å². The van der Waals surface area contributed by atoms with Crippen LogP contribution in [0.5, 0.6) is 0 Å². The Bertz CT molecular complexity index is 1010. The lowest BCUT2D eigenvalue weighted by atomic mass is 10.1. The van der Waals surface area contributed by atoms with Gasteiger partial charge in [-0.05, 0) is 29.7 Å². The van der Waals surface area contributed by atoms with Crippen molar-refractivity contribution in [3.8, 4) is 0 Å². The van der Waals surface area contributed by atoms with Crippen molar-refractivity contribution >= 4 is 28.1 Å². The van der Waals surface area contributed by atoms with E-state index in [2.05, 4.69) is 15.6 Å². The van der Waals surface area contributed by atoms with E-state index in [4.69, 9.17) is 5.73 Å². The summed E-state index contributed by atoms with van der Waals surface area (Å²) >= 11 is 0.992. The Labute approximate surface area is 182 Å². The minimum Gasteiger partial charge on any atom is -0.375 e. The summed E-state index contributed by atoms with van der Waals surface area (Å²) in [5, 5.41) is 46.8. The summed E-state index contributed by atoms with van der Waals surface area (Å²) in [6.45, 7) is 0.313. The number of anilines is 2. The molecule has 3 rings (SSSR count). The van der Waals surface area contributed by atoms with Crippen molar-refractivity contribution in [3.63, 3.8) is 0 Å². The molecule has 0 radical (unpaired) electrons. The number of nitrogens with two attached hydrogens (primary N) is 1. The zero-order valence-corrected chi connectivity index (χ0v) is 17.3. The number of carbonyl (C=O) groups excluding carboxylic acids is 1. The quantitative estimate of drug-likeness (QED) is 0.235. The molecular weight excluding hydrogens is 420 g/mol. The highest BCUT2D eigenvalue weighted by Gasteiger charge is 2.38. The smallest absolute Gasteiger partial charge is 0.291 e. The number of amides is 1. The Morgan fingerprint density at radius 3 is 2.29 bits per heavy atom. The molecule has 10 heteroatoms. The summed E-state index contributed by atoms with van der Waals surface area (Å²) < 4.78 is 0. The van der Waals surface area contributed by atoms with Crippen molar-refractivity contribution in [1.82, 2.24) is 10.3 Å². The summed E-state index contributed by atoms with van der Waals surface area (Å²) in [7, 11) is 0. The third-order valence-electron chi connectivity index (χ3n) is 4.52. The molecule has 0 fully saturated rings. The van der Waals surface area contributed by atoms with Crippen molar-refractivity contribution in [3.05, 3.63) is 76.8 Å². The normalized spacial score (nSPS) is 12.0. The van der Waals surface area contributed by atoms with Crippen LogP contribution < -0.4 is 16.4 Å². The molecule has 0 aliphatic rings. The number of hydrogen-bond acceptors (Lipinski definition) is 9. The summed E-state index contributed by atoms with van der Waals surface area (Å²) in [6.07, 6.45) is 0.557. The van der Waals surface area contributed by atoms with E-state index in [-0.39, 0.29) is 17.2 Å². The molecule has 0 atom stereocenters. The first kappa shape index (κ1) is 22.8. The van der Waals surface area contributed by atoms with E-state index >= 15 is 0 Å². The van der Waals surface area contributed by atoms with Gasteiger partial charge in [-0.2, -0.15) is 0 Å². The second-order valence-corrected chi connectivity index (χ2v) is 7.94. The number of nitrogen functional groups attached to an aromatic ring is 1. The standard InChI is InChI=1S/C21H24N4O5S/c22-19-25-17(13-31-19)21(29,30)18(26)24-16-8-6-14(7-9-16)10-11-23-20(27,28)12-15-4-2-1-3-5-15/h1-9,13,23,27-30H,10-12H2,(H2,22,25)(H,24,26). The number of nitrogens with zero attached hydrogens (tertiary/aromatic N) is 1. The van der Waals surface area contributed by atoms with Gasteiger partial charge in [0.05, 0.1) is 0 Å². The maximum Gasteiger partial charge on any atom is 0.291 e. The Kier molecular flexibility index (Phi) is 7.01. The van der Waals surface area contributed by atoms with Gasteiger partial charge in [-0.25, -0.2) is 4.98 Å². The third-order valence-corrected chi connectivity index (χ3v) is 5.20. The van der Waals surface area contributed by atoms with Crippen LogP contribution in [0.1, 0.15) is 16.8 Å². The van der Waals surface area contributed by atoms with E-state index in [0.29, 0.717) is 18.7 Å². The predicted octanol–water partition coefficient (Wildman–Crippen LogP) is 0.515. The van der Waals surface area contributed by atoms with E-state index in [1.54, 1.807) is 24.3 Å². The van der Waals surface area contributed by atoms with E-state index in [0.717, 1.165) is 22.5 Å². The molecule has 31 heavy (non-hydrogen) atoms. The minimum absolute atomic E-state index is 0.0491. The number of aliphatic hydroxyl groups is 4. The van der Waals surface area contributed by atoms with Gasteiger partial charge in [-0.15, -0.1) is 11.3 Å². The van der Waals surface area contributed by atoms with Crippen molar-refractivity contribution in [1.29, 1.82) is 0 Å². The second-order valence-electron chi connectivity index (χ2n) is 7.05. The van der Waals surface area contributed by atoms with Crippen molar-refractivity contribution in [2.24, 2.45) is 0 Å². The number of nitrogens with one attached hydrogen (secondary N) is 2. The van der Waals surface area contributed by atoms with Crippen molar-refractivity contribution in [2.75, 3.05) is 17.6 Å². The Hall–Kier alpha value is -2.86. The Morgan fingerprint density at radius 2 is 1.68 bits per heavy atom. The van der Waals surface area contributed by atoms with E-state index in [9.17, 15) is 25.2 Å². The van der Waals surface area contributed by atoms with Crippen LogP contribution in [0.4, 0.5) is 10.8 Å². The van der Waals surface area contributed by atoms with Gasteiger partial charge in [0.1, 0.15) is 5.69 Å². The SMILES string of the molecule is Nc1nc(C(O)(O)C(=O)Nc2ccc(CCNC(O)(O)Cc3ccccc3)cc2)cs1. The first-order valence-electron chi connectivity index (χ1n) is 9.46. The second kappa shape index (κ2) is 9.52. The van der Waals surface area contributed by atoms with Crippen LogP contribution in [0, 0.1) is 0 Å². The molecule has 0 saturated carbocycles. The number of benzene rings is 2. The summed E-state index contributed by atoms with van der Waals surface area (Å²) in [5.74, 6) is -5.89. The molecule has 0 aliphatic heterocycles. The molecule has 1 amide bonds. The molecule has 1 aromatic heterocycles. The van der Waals surface area contributed by atoms with E-state index in [1.807, 2.05) is 30.3 Å². The monoisotopic (exact) mass is 444 g/mol. The zero-order valence-electron chi connectivity index (χ0n) is 16.5. The summed E-state index contributed by atoms with van der Waals surface area (Å²) in [5.41, 5.74) is 7.26. The first-order valence-corrected chi connectivity index (χ1v) is 10.3. The fourth-order valence-electron chi connectivity index (χ4n) is 2.89. The molecule has 0 saturated heterocycles. The maximum atomic E-state index is 12.2. The van der Waals surface area contributed by atoms with Gasteiger partial charge in [0.15, 0.2) is 5.13 Å². The maximum absolute atomic E-state index is 12.2. The van der Waals surface area contributed by atoms with Crippen LogP contribution in [0.25, 0.3) is 0 Å². The molecule has 0 aliphatic carbocycles. The summed E-state index contributed by atoms with van der Waals surface area (Å²) in [4.78, 5) is 15.9. The lowest BCUT2D eigenvalue weighted by Crippen LogP contribution is -2.47. The summed E-state index contributed by atoms with van der Waals surface area (Å²) in [6, 6.07) is 15.8. The molecule has 3 aromatic rings. The molecular formula is C21H24N4O5S. The highest BCUT2D eigenvalue weighted by atomic mass is 32.1. The molecule has 2 aromatic carbocycles. The van der Waals surface area contributed by atoms with Gasteiger partial charge in [-0.3, -0.25) is 10.1 Å².